The third-order valence-corrected chi connectivity index (χ3v) is 14.7. The third kappa shape index (κ3) is 10.1. The summed E-state index contributed by atoms with van der Waals surface area (Å²) in [5.74, 6) is 0. The van der Waals surface area contributed by atoms with Gasteiger partial charge in [0.2, 0.25) is 0 Å². The zero-order valence-corrected chi connectivity index (χ0v) is 27.5. The van der Waals surface area contributed by atoms with Gasteiger partial charge in [0.25, 0.3) is 0 Å². The van der Waals surface area contributed by atoms with E-state index in [0.29, 0.717) is 0 Å². The molecule has 0 fully saturated rings. The topological polar surface area (TPSA) is 0 Å². The van der Waals surface area contributed by atoms with Crippen LogP contribution in [0.15, 0.2) is 42.0 Å². The molecule has 1 aliphatic carbocycles. The number of hydrogen-bond acceptors (Lipinski definition) is 0. The van der Waals surface area contributed by atoms with Crippen molar-refractivity contribution in [2.75, 3.05) is 0 Å². The Kier molecular flexibility index (Phi) is 17.6. The molecule has 1 atom stereocenters. The van der Waals surface area contributed by atoms with Crippen LogP contribution in [0.5, 0.6) is 0 Å². The number of rotatable bonds is 12. The van der Waals surface area contributed by atoms with Gasteiger partial charge in [0, 0.05) is 0 Å². The van der Waals surface area contributed by atoms with Crippen LogP contribution in [0.3, 0.4) is 0 Å². The minimum atomic E-state index is -1.73. The summed E-state index contributed by atoms with van der Waals surface area (Å²) >= 11 is 2.49. The quantitative estimate of drug-likeness (QED) is 0.235. The van der Waals surface area contributed by atoms with Crippen LogP contribution in [0.2, 0.25) is 16.4 Å². The molecule has 0 saturated heterocycles. The molecular formula is C29H47Cl3SiTi. The molecule has 0 aromatic heterocycles. The molecule has 0 spiro atoms. The number of halogens is 3. The van der Waals surface area contributed by atoms with Crippen molar-refractivity contribution in [2.24, 2.45) is 5.41 Å². The average molecular weight is 578 g/mol. The van der Waals surface area contributed by atoms with Crippen molar-refractivity contribution < 1.29 is 57.7 Å². The predicted molar refractivity (Wildman–Crippen MR) is 139 cm³/mol. The zero-order chi connectivity index (χ0) is 23.1. The van der Waals surface area contributed by atoms with Crippen molar-refractivity contribution in [3.63, 3.8) is 0 Å². The van der Waals surface area contributed by atoms with E-state index in [-0.39, 0.29) is 46.0 Å². The van der Waals surface area contributed by atoms with Crippen molar-refractivity contribution in [1.29, 1.82) is 0 Å². The van der Waals surface area contributed by atoms with Crippen LogP contribution in [0, 0.1) is 5.41 Å². The molecule has 34 heavy (non-hydrogen) atoms. The first-order chi connectivity index (χ1) is 14.5. The molecule has 0 radical (unpaired) electrons. The zero-order valence-electron chi connectivity index (χ0n) is 22.7. The molecule has 0 aliphatic heterocycles. The maximum absolute atomic E-state index is 2.61. The van der Waals surface area contributed by atoms with Crippen molar-refractivity contribution in [3.8, 4) is 0 Å². The van der Waals surface area contributed by atoms with Crippen LogP contribution in [0.4, 0.5) is 0 Å². The Labute approximate surface area is 243 Å². The first kappa shape index (κ1) is 36.7. The molecule has 192 valence electrons. The summed E-state index contributed by atoms with van der Waals surface area (Å²) in [7, 11) is -1.73. The van der Waals surface area contributed by atoms with Crippen LogP contribution in [0.25, 0.3) is 0 Å². The monoisotopic (exact) mass is 576 g/mol. The van der Waals surface area contributed by atoms with Crippen LogP contribution in [-0.4, -0.2) is 8.07 Å². The number of hydrogen-bond donors (Lipinski definition) is 0. The van der Waals surface area contributed by atoms with Crippen LogP contribution in [0.1, 0.15) is 97.1 Å². The van der Waals surface area contributed by atoms with Gasteiger partial charge in [-0.1, -0.05) is 0 Å². The normalized spacial score (nSPS) is 17.5. The molecule has 1 aliphatic rings. The van der Waals surface area contributed by atoms with Crippen molar-refractivity contribution in [1.82, 2.24) is 0 Å². The van der Waals surface area contributed by atoms with E-state index in [2.05, 4.69) is 105 Å². The van der Waals surface area contributed by atoms with E-state index in [9.17, 15) is 0 Å². The van der Waals surface area contributed by atoms with Gasteiger partial charge in [-0.2, -0.15) is 0 Å². The first-order valence-corrected chi connectivity index (χ1v) is 16.6. The molecule has 1 unspecified atom stereocenters. The summed E-state index contributed by atoms with van der Waals surface area (Å²) in [5, 5.41) is 1.66. The van der Waals surface area contributed by atoms with Crippen LogP contribution < -0.4 is 42.4 Å². The predicted octanol–water partition coefficient (Wildman–Crippen LogP) is -0.353. The Balaban J connectivity index is 0. The molecule has 5 heteroatoms. The number of allylic oxidation sites excluding steroid dienone is 4. The van der Waals surface area contributed by atoms with Gasteiger partial charge < -0.3 is 37.2 Å². The average Bonchev–Trinajstić information content (AvgIpc) is 3.13. The number of aryl methyl sites for hydroxylation is 2. The Bertz CT molecular complexity index is 750. The van der Waals surface area contributed by atoms with Gasteiger partial charge in [0.15, 0.2) is 0 Å². The molecule has 0 amide bonds. The second kappa shape index (κ2) is 16.4. The van der Waals surface area contributed by atoms with Gasteiger partial charge in [0.05, 0.1) is 0 Å². The molecule has 0 heterocycles. The van der Waals surface area contributed by atoms with Gasteiger partial charge in [0.1, 0.15) is 0 Å². The van der Waals surface area contributed by atoms with E-state index >= 15 is 0 Å². The third-order valence-electron chi connectivity index (χ3n) is 7.22. The van der Waals surface area contributed by atoms with Crippen molar-refractivity contribution >= 4 is 13.3 Å². The molecule has 0 nitrogen and oxygen atoms in total. The molecule has 0 saturated carbocycles. The number of unbranched alkanes of at least 4 members (excludes halogenated alkanes) is 6. The standard InChI is InChI=1S/C29H47Si.3ClH.Ti/c1-8-10-12-14-16-24-20-25(17-15-13-11-9-2)22-28(21-24)30(6,7)27-19-18-26(23-27)29(3,4)5;;;;/h18-23H,8-17H2,1-7H3;3*1H;/q;;;;+3/p-3. The number of benzene rings is 1. The van der Waals surface area contributed by atoms with Gasteiger partial charge in [-0.05, 0) is 0 Å². The maximum Gasteiger partial charge on any atom is -1.00 e. The maximum atomic E-state index is 2.61. The summed E-state index contributed by atoms with van der Waals surface area (Å²) < 4.78 is 0.190. The fourth-order valence-electron chi connectivity index (χ4n) is 4.58. The van der Waals surface area contributed by atoms with Crippen LogP contribution >= 0.6 is 0 Å². The molecule has 0 bridgehead atoms. The minimum Gasteiger partial charge on any atom is -1.00 e. The molecule has 1 aromatic rings. The largest absolute Gasteiger partial charge is 1.00 e. The second-order valence-electron chi connectivity index (χ2n) is 11.3. The summed E-state index contributed by atoms with van der Waals surface area (Å²) in [5.41, 5.74) is 4.91. The molecule has 0 N–H and O–H groups in total. The summed E-state index contributed by atoms with van der Waals surface area (Å²) in [4.78, 5) is 0. The van der Waals surface area contributed by atoms with Gasteiger partial charge >= 0.3 is 208 Å². The minimum absolute atomic E-state index is 0. The SMILES string of the molecule is CCCCCCc1cc(CCCCCC)cc([Si](C)(C)[C]2([Ti+3])C=CC(C(C)(C)C)=C2)c1.[Cl-].[Cl-].[Cl-]. The van der Waals surface area contributed by atoms with E-state index in [1.165, 1.54) is 69.8 Å². The smallest absolute Gasteiger partial charge is 1.00 e. The first-order valence-electron chi connectivity index (χ1n) is 12.8. The Morgan fingerprint density at radius 2 is 1.24 bits per heavy atom. The Hall–Kier alpha value is 0.501. The van der Waals surface area contributed by atoms with Gasteiger partial charge in [-0.15, -0.1) is 0 Å². The van der Waals surface area contributed by atoms with E-state index in [1.54, 1.807) is 16.3 Å². The summed E-state index contributed by atoms with van der Waals surface area (Å²) in [6, 6.07) is 7.72. The van der Waals surface area contributed by atoms with Gasteiger partial charge in [-0.3, -0.25) is 0 Å². The molecular weight excluding hydrogens is 531 g/mol. The summed E-state index contributed by atoms with van der Waals surface area (Å²) in [6.45, 7) is 16.8. The Morgan fingerprint density at radius 3 is 1.62 bits per heavy atom. The van der Waals surface area contributed by atoms with E-state index in [0.717, 1.165) is 0 Å². The van der Waals surface area contributed by atoms with Crippen molar-refractivity contribution in [2.45, 2.75) is 115 Å². The molecule has 1 aromatic carbocycles. The Morgan fingerprint density at radius 1 is 0.765 bits per heavy atom. The van der Waals surface area contributed by atoms with E-state index < -0.39 is 8.07 Å². The van der Waals surface area contributed by atoms with E-state index in [1.807, 2.05) is 0 Å². The summed E-state index contributed by atoms with van der Waals surface area (Å²) in [6.07, 6.45) is 20.8. The fraction of sp³-hybridized carbons (Fsp3) is 0.655. The van der Waals surface area contributed by atoms with E-state index in [4.69, 9.17) is 0 Å². The fourth-order valence-corrected chi connectivity index (χ4v) is 8.22. The van der Waals surface area contributed by atoms with Crippen molar-refractivity contribution in [3.05, 3.63) is 53.1 Å². The van der Waals surface area contributed by atoms with Gasteiger partial charge in [-0.25, -0.2) is 0 Å². The van der Waals surface area contributed by atoms with Crippen LogP contribution in [-0.2, 0) is 33.3 Å². The molecule has 2 rings (SSSR count). The second-order valence-corrected chi connectivity index (χ2v) is 18.1.